The molecule has 0 bridgehead atoms. The Labute approximate surface area is 142 Å². The van der Waals surface area contributed by atoms with E-state index in [-0.39, 0.29) is 5.97 Å². The van der Waals surface area contributed by atoms with Crippen molar-refractivity contribution in [2.75, 3.05) is 13.7 Å². The van der Waals surface area contributed by atoms with Gasteiger partial charge in [-0.3, -0.25) is 4.79 Å². The van der Waals surface area contributed by atoms with Gasteiger partial charge in [0.2, 0.25) is 0 Å². The van der Waals surface area contributed by atoms with Crippen LogP contribution in [0.4, 0.5) is 0 Å². The lowest BCUT2D eigenvalue weighted by Crippen LogP contribution is -2.01. The van der Waals surface area contributed by atoms with Crippen LogP contribution in [0.15, 0.2) is 30.3 Å². The minimum atomic E-state index is -0.145. The average molecular weight is 355 g/mol. The number of esters is 1. The molecule has 0 N–H and O–H groups in total. The molecule has 0 fully saturated rings. The molecule has 0 spiro atoms. The summed E-state index contributed by atoms with van der Waals surface area (Å²) in [5.74, 6) is 0.726. The van der Waals surface area contributed by atoms with Gasteiger partial charge in [-0.2, -0.15) is 0 Å². The molecule has 0 aliphatic carbocycles. The van der Waals surface area contributed by atoms with E-state index in [2.05, 4.69) is 16.9 Å². The molecule has 2 rings (SSSR count). The Kier molecular flexibility index (Phi) is 7.02. The minimum Gasteiger partial charge on any atom is -0.494 e. The molecule has 2 aromatic rings. The van der Waals surface area contributed by atoms with Gasteiger partial charge in [0.1, 0.15) is 9.57 Å². The summed E-state index contributed by atoms with van der Waals surface area (Å²) in [7, 11) is 4.74. The third-order valence-corrected chi connectivity index (χ3v) is 6.03. The largest absolute Gasteiger partial charge is 0.494 e. The molecule has 0 aliphatic heterocycles. The molecule has 1 aromatic heterocycles. The number of unbranched alkanes of at least 4 members (excludes halogenated alkanes) is 2. The number of ether oxygens (including phenoxy) is 2. The molecule has 1 heterocycles. The average Bonchev–Trinajstić information content (AvgIpc) is 2.97. The molecule has 0 radical (unpaired) electrons. The van der Waals surface area contributed by atoms with Gasteiger partial charge in [0, 0.05) is 11.3 Å². The summed E-state index contributed by atoms with van der Waals surface area (Å²) in [6.45, 7) is 0.665. The van der Waals surface area contributed by atoms with E-state index in [1.54, 1.807) is 20.7 Å². The van der Waals surface area contributed by atoms with Gasteiger partial charge in [-0.1, -0.05) is 32.9 Å². The molecule has 0 amide bonds. The van der Waals surface area contributed by atoms with Crippen molar-refractivity contribution >= 4 is 38.9 Å². The molecule has 0 atom stereocenters. The summed E-state index contributed by atoms with van der Waals surface area (Å²) in [5, 5.41) is 0. The maximum Gasteiger partial charge on any atom is 0.305 e. The Balaban J connectivity index is 1.71. The third-order valence-electron chi connectivity index (χ3n) is 3.12. The number of carbonyl (C=O) groups is 1. The summed E-state index contributed by atoms with van der Waals surface area (Å²) >= 11 is 5.15. The lowest BCUT2D eigenvalue weighted by Gasteiger charge is -2.06. The van der Waals surface area contributed by atoms with Gasteiger partial charge in [0.05, 0.1) is 13.7 Å². The van der Waals surface area contributed by atoms with Gasteiger partial charge < -0.3 is 9.47 Å². The van der Waals surface area contributed by atoms with E-state index in [9.17, 15) is 4.79 Å². The lowest BCUT2D eigenvalue weighted by molar-refractivity contribution is -0.140. The lowest BCUT2D eigenvalue weighted by atomic mass is 10.2. The van der Waals surface area contributed by atoms with Crippen LogP contribution in [0.1, 0.15) is 25.7 Å². The van der Waals surface area contributed by atoms with E-state index in [0.717, 1.165) is 28.8 Å². The number of carbonyl (C=O) groups excluding carboxylic acids is 1. The fourth-order valence-corrected chi connectivity index (χ4v) is 4.33. The van der Waals surface area contributed by atoms with E-state index in [0.29, 0.717) is 13.0 Å². The van der Waals surface area contributed by atoms with Crippen LogP contribution < -0.4 is 4.74 Å². The quantitative estimate of drug-likeness (QED) is 0.278. The number of hydrogen-bond donors (Lipinski definition) is 0. The van der Waals surface area contributed by atoms with Crippen LogP contribution in [0.25, 0.3) is 10.4 Å². The van der Waals surface area contributed by atoms with Crippen molar-refractivity contribution < 1.29 is 14.3 Å². The van der Waals surface area contributed by atoms with Crippen molar-refractivity contribution in [3.63, 3.8) is 0 Å². The standard InChI is InChI=1S/C16H18O3S3/c1-18-15(17)5-3-2-4-10-19-13-8-6-12(7-9-13)14-11-16(20)22-21-14/h6-9,11H,2-5,10H2,1H3. The molecule has 118 valence electrons. The van der Waals surface area contributed by atoms with E-state index in [1.807, 2.05) is 18.2 Å². The van der Waals surface area contributed by atoms with Crippen LogP contribution in [0.5, 0.6) is 5.75 Å². The van der Waals surface area contributed by atoms with Crippen LogP contribution in [0, 0.1) is 3.82 Å². The van der Waals surface area contributed by atoms with Gasteiger partial charge in [-0.25, -0.2) is 0 Å². The fourth-order valence-electron chi connectivity index (χ4n) is 1.93. The van der Waals surface area contributed by atoms with E-state index in [4.69, 9.17) is 17.0 Å². The highest BCUT2D eigenvalue weighted by molar-refractivity contribution is 7.80. The Morgan fingerprint density at radius 1 is 1.14 bits per heavy atom. The summed E-state index contributed by atoms with van der Waals surface area (Å²) in [6.07, 6.45) is 3.23. The number of rotatable bonds is 8. The smallest absolute Gasteiger partial charge is 0.305 e. The zero-order chi connectivity index (χ0) is 15.8. The predicted octanol–water partition coefficient (Wildman–Crippen LogP) is 5.32. The van der Waals surface area contributed by atoms with Crippen molar-refractivity contribution in [2.45, 2.75) is 25.7 Å². The molecule has 0 saturated carbocycles. The zero-order valence-corrected chi connectivity index (χ0v) is 14.8. The first-order chi connectivity index (χ1) is 10.7. The number of methoxy groups -OCH3 is 1. The molecule has 6 heteroatoms. The molecule has 3 nitrogen and oxygen atoms in total. The van der Waals surface area contributed by atoms with Gasteiger partial charge >= 0.3 is 5.97 Å². The number of hydrogen-bond acceptors (Lipinski definition) is 6. The van der Waals surface area contributed by atoms with Crippen molar-refractivity contribution in [3.8, 4) is 16.2 Å². The Hall–Kier alpha value is -1.24. The second-order valence-corrected chi connectivity index (χ2v) is 7.67. The minimum absolute atomic E-state index is 0.145. The van der Waals surface area contributed by atoms with Crippen LogP contribution >= 0.6 is 32.9 Å². The molecule has 0 saturated heterocycles. The Morgan fingerprint density at radius 3 is 2.55 bits per heavy atom. The highest BCUT2D eigenvalue weighted by atomic mass is 32.9. The second kappa shape index (κ2) is 9.02. The van der Waals surface area contributed by atoms with Gasteiger partial charge in [0.15, 0.2) is 0 Å². The summed E-state index contributed by atoms with van der Waals surface area (Å²) < 4.78 is 11.2. The first-order valence-electron chi connectivity index (χ1n) is 7.09. The Morgan fingerprint density at radius 2 is 1.91 bits per heavy atom. The van der Waals surface area contributed by atoms with Crippen LogP contribution in [-0.4, -0.2) is 19.7 Å². The highest BCUT2D eigenvalue weighted by Gasteiger charge is 2.02. The molecule has 22 heavy (non-hydrogen) atoms. The monoisotopic (exact) mass is 354 g/mol. The van der Waals surface area contributed by atoms with E-state index >= 15 is 0 Å². The molecular weight excluding hydrogens is 336 g/mol. The second-order valence-electron chi connectivity index (χ2n) is 4.75. The van der Waals surface area contributed by atoms with Gasteiger partial charge in [-0.05, 0) is 55.2 Å². The van der Waals surface area contributed by atoms with E-state index < -0.39 is 0 Å². The van der Waals surface area contributed by atoms with Gasteiger partial charge in [-0.15, -0.1) is 0 Å². The summed E-state index contributed by atoms with van der Waals surface area (Å²) in [4.78, 5) is 12.2. The van der Waals surface area contributed by atoms with Crippen LogP contribution in [0.2, 0.25) is 0 Å². The molecule has 1 aromatic carbocycles. The van der Waals surface area contributed by atoms with Crippen molar-refractivity contribution in [1.29, 1.82) is 0 Å². The van der Waals surface area contributed by atoms with E-state index in [1.165, 1.54) is 17.6 Å². The maximum atomic E-state index is 11.0. The zero-order valence-electron chi connectivity index (χ0n) is 12.4. The molecule has 0 aliphatic rings. The fraction of sp³-hybridized carbons (Fsp3) is 0.375. The van der Waals surface area contributed by atoms with Crippen LogP contribution in [-0.2, 0) is 9.53 Å². The van der Waals surface area contributed by atoms with Crippen LogP contribution in [0.3, 0.4) is 0 Å². The topological polar surface area (TPSA) is 35.5 Å². The van der Waals surface area contributed by atoms with Gasteiger partial charge in [0.25, 0.3) is 0 Å². The summed E-state index contributed by atoms with van der Waals surface area (Å²) in [6, 6.07) is 10.1. The third kappa shape index (κ3) is 5.51. The predicted molar refractivity (Wildman–Crippen MR) is 94.4 cm³/mol. The van der Waals surface area contributed by atoms with Crippen molar-refractivity contribution in [2.24, 2.45) is 0 Å². The molecule has 0 unspecified atom stereocenters. The van der Waals surface area contributed by atoms with Crippen molar-refractivity contribution in [1.82, 2.24) is 0 Å². The Bertz CT molecular complexity index is 643. The maximum absolute atomic E-state index is 11.0. The SMILES string of the molecule is COC(=O)CCCCCOc1ccc(-c2cc(=S)ss2)cc1. The summed E-state index contributed by atoms with van der Waals surface area (Å²) in [5.41, 5.74) is 1.17. The number of benzene rings is 1. The highest BCUT2D eigenvalue weighted by Crippen LogP contribution is 2.30. The normalized spacial score (nSPS) is 10.4. The van der Waals surface area contributed by atoms with Crippen molar-refractivity contribution in [3.05, 3.63) is 34.2 Å². The molecular formula is C16H18O3S3. The first kappa shape index (κ1) is 17.1. The first-order valence-corrected chi connectivity index (χ1v) is 9.65.